The van der Waals surface area contributed by atoms with Crippen LogP contribution in [-0.2, 0) is 0 Å². The van der Waals surface area contributed by atoms with Gasteiger partial charge >= 0.3 is 17.8 Å². The summed E-state index contributed by atoms with van der Waals surface area (Å²) in [6.07, 6.45) is 0. The van der Waals surface area contributed by atoms with Gasteiger partial charge in [0.1, 0.15) is 0 Å². The first kappa shape index (κ1) is 13.0. The Morgan fingerprint density at radius 3 is 2.88 bits per heavy atom. The van der Waals surface area contributed by atoms with Gasteiger partial charge in [-0.1, -0.05) is 9.78 Å². The fourth-order valence-corrected chi connectivity index (χ4v) is 0.856. The van der Waals surface area contributed by atoms with Crippen molar-refractivity contribution in [2.24, 2.45) is 5.11 Å². The Morgan fingerprint density at radius 2 is 2.35 bits per heavy atom. The molecule has 0 aliphatic rings. The monoisotopic (exact) mass is 246 g/mol. The number of rotatable bonds is 3. The van der Waals surface area contributed by atoms with Crippen LogP contribution in [0.25, 0.3) is 16.4 Å². The van der Waals surface area contributed by atoms with E-state index in [0.717, 1.165) is 4.68 Å². The van der Waals surface area contributed by atoms with Gasteiger partial charge in [0, 0.05) is 44.7 Å². The number of tetrazole rings is 1. The van der Waals surface area contributed by atoms with Crippen molar-refractivity contribution in [3.63, 3.8) is 0 Å². The number of nitrogens with zero attached hydrogens (tertiary/aromatic N) is 10. The molecule has 13 nitrogen and oxygen atoms in total. The summed E-state index contributed by atoms with van der Waals surface area (Å²) in [6, 6.07) is 0. The zero-order valence-electron chi connectivity index (χ0n) is 8.29. The Kier molecular flexibility index (Phi) is 4.06. The van der Waals surface area contributed by atoms with Crippen LogP contribution in [0.3, 0.4) is 0 Å². The van der Waals surface area contributed by atoms with Gasteiger partial charge < -0.3 is 10.1 Å². The molecule has 1 radical (unpaired) electrons. The van der Waals surface area contributed by atoms with Gasteiger partial charge in [0.15, 0.2) is 0 Å². The van der Waals surface area contributed by atoms with Crippen LogP contribution >= 0.6 is 0 Å². The van der Waals surface area contributed by atoms with E-state index in [1.807, 2.05) is 0 Å². The van der Waals surface area contributed by atoms with Gasteiger partial charge in [-0.2, -0.15) is 5.21 Å². The smallest absolute Gasteiger partial charge is 0.390 e. The standard InChI is InChI=1S/C3HN11O2.Na/c4-10-6-1-5-2(14(15)16)9-13(1)3-7-11-12-8-3;/h(H,7,8,11,12);. The van der Waals surface area contributed by atoms with Crippen molar-refractivity contribution >= 4 is 41.5 Å². The maximum Gasteiger partial charge on any atom is 0.491 e. The van der Waals surface area contributed by atoms with E-state index in [4.69, 9.17) is 5.53 Å². The first-order chi connectivity index (χ1) is 7.72. The fourth-order valence-electron chi connectivity index (χ4n) is 0.856. The molecule has 0 aromatic carbocycles. The van der Waals surface area contributed by atoms with E-state index >= 15 is 0 Å². The third-order valence-corrected chi connectivity index (χ3v) is 1.40. The van der Waals surface area contributed by atoms with Crippen LogP contribution < -0.4 is 0 Å². The van der Waals surface area contributed by atoms with Crippen LogP contribution in [0.4, 0.5) is 11.9 Å². The van der Waals surface area contributed by atoms with Crippen LogP contribution in [0.2, 0.25) is 0 Å². The summed E-state index contributed by atoms with van der Waals surface area (Å²) in [4.78, 5) is 15.4. The van der Waals surface area contributed by atoms with E-state index in [0.29, 0.717) is 0 Å². The molecule has 1 N–H and O–H groups in total. The van der Waals surface area contributed by atoms with Gasteiger partial charge in [-0.25, -0.2) is 0 Å². The number of nitrogens with one attached hydrogen (secondary N) is 1. The molecule has 0 aliphatic carbocycles. The van der Waals surface area contributed by atoms with E-state index in [1.54, 1.807) is 0 Å². The van der Waals surface area contributed by atoms with Crippen molar-refractivity contribution in [3.05, 3.63) is 20.6 Å². The summed E-state index contributed by atoms with van der Waals surface area (Å²) in [6.45, 7) is 0. The molecule has 0 unspecified atom stereocenters. The number of aromatic nitrogens is 7. The van der Waals surface area contributed by atoms with Crippen molar-refractivity contribution < 1.29 is 4.92 Å². The molecule has 2 rings (SSSR count). The first-order valence-corrected chi connectivity index (χ1v) is 3.62. The molecule has 0 saturated heterocycles. The van der Waals surface area contributed by atoms with Crippen molar-refractivity contribution in [1.29, 1.82) is 0 Å². The van der Waals surface area contributed by atoms with Gasteiger partial charge in [-0.15, -0.1) is 5.10 Å². The molecule has 2 aromatic rings. The second-order valence-electron chi connectivity index (χ2n) is 2.28. The van der Waals surface area contributed by atoms with Gasteiger partial charge in [-0.05, 0) is 20.7 Å². The van der Waals surface area contributed by atoms with Crippen LogP contribution in [-0.4, -0.2) is 69.9 Å². The minimum Gasteiger partial charge on any atom is -0.390 e. The molecule has 17 heavy (non-hydrogen) atoms. The third-order valence-electron chi connectivity index (χ3n) is 1.40. The van der Waals surface area contributed by atoms with Gasteiger partial charge in [0.2, 0.25) is 0 Å². The van der Waals surface area contributed by atoms with E-state index in [9.17, 15) is 10.1 Å². The Morgan fingerprint density at radius 1 is 1.59 bits per heavy atom. The molecule has 2 aromatic heterocycles. The average molecular weight is 246 g/mol. The van der Waals surface area contributed by atoms with Crippen molar-refractivity contribution in [2.75, 3.05) is 0 Å². The topological polar surface area (TPSA) is 177 Å². The molecule has 0 amide bonds. The van der Waals surface area contributed by atoms with Crippen molar-refractivity contribution in [2.45, 2.75) is 0 Å². The summed E-state index contributed by atoms with van der Waals surface area (Å²) in [5.41, 5.74) is 8.23. The number of azide groups is 1. The predicted octanol–water partition coefficient (Wildman–Crippen LogP) is -0.750. The minimum atomic E-state index is -0.840. The van der Waals surface area contributed by atoms with E-state index in [2.05, 4.69) is 40.7 Å². The summed E-state index contributed by atoms with van der Waals surface area (Å²) in [5.74, 6) is -1.20. The van der Waals surface area contributed by atoms with Crippen LogP contribution in [0.15, 0.2) is 5.11 Å². The molecule has 0 saturated carbocycles. The molecule has 81 valence electrons. The van der Waals surface area contributed by atoms with Crippen LogP contribution in [0.1, 0.15) is 0 Å². The molecule has 0 spiro atoms. The third kappa shape index (κ3) is 2.54. The number of nitro groups is 1. The zero-order chi connectivity index (χ0) is 11.5. The molecule has 0 aliphatic heterocycles. The molecule has 0 atom stereocenters. The minimum absolute atomic E-state index is 0. The summed E-state index contributed by atoms with van der Waals surface area (Å²) < 4.78 is 0.793. The number of hydrogen-bond donors (Lipinski definition) is 1. The van der Waals surface area contributed by atoms with Crippen molar-refractivity contribution in [3.8, 4) is 5.95 Å². The Labute approximate surface area is 113 Å². The second-order valence-corrected chi connectivity index (χ2v) is 2.28. The number of hydrogen-bond acceptors (Lipinski definition) is 8. The summed E-state index contributed by atoms with van der Waals surface area (Å²) >= 11 is 0. The molecule has 0 fully saturated rings. The second kappa shape index (κ2) is 5.31. The van der Waals surface area contributed by atoms with E-state index < -0.39 is 10.9 Å². The van der Waals surface area contributed by atoms with Crippen LogP contribution in [0, 0.1) is 10.1 Å². The largest absolute Gasteiger partial charge is 0.491 e. The molecular weight excluding hydrogens is 245 g/mol. The number of aromatic amines is 1. The molecular formula is C3HN11NaO2. The Hall–Kier alpha value is -2.08. The zero-order valence-corrected chi connectivity index (χ0v) is 10.3. The maximum absolute atomic E-state index is 10.4. The average Bonchev–Trinajstić information content (AvgIpc) is 2.84. The molecule has 2 heterocycles. The van der Waals surface area contributed by atoms with Crippen LogP contribution in [0.5, 0.6) is 0 Å². The van der Waals surface area contributed by atoms with E-state index in [-0.39, 0.29) is 41.5 Å². The first-order valence-electron chi connectivity index (χ1n) is 3.62. The molecule has 14 heteroatoms. The number of H-pyrrole nitrogens is 1. The summed E-state index contributed by atoms with van der Waals surface area (Å²) in [5, 5.41) is 29.3. The van der Waals surface area contributed by atoms with E-state index in [1.165, 1.54) is 0 Å². The van der Waals surface area contributed by atoms with Gasteiger partial charge in [-0.3, -0.25) is 0 Å². The summed E-state index contributed by atoms with van der Waals surface area (Å²) in [7, 11) is 0. The van der Waals surface area contributed by atoms with Gasteiger partial charge in [0.25, 0.3) is 0 Å². The normalized spacial score (nSPS) is 9.18. The maximum atomic E-state index is 10.4. The quantitative estimate of drug-likeness (QED) is 0.185. The predicted molar refractivity (Wildman–Crippen MR) is 50.3 cm³/mol. The van der Waals surface area contributed by atoms with Crippen molar-refractivity contribution in [1.82, 2.24) is 35.4 Å². The Balaban J connectivity index is 0.00000144. The Bertz CT molecular complexity index is 566. The van der Waals surface area contributed by atoms with Gasteiger partial charge in [0.05, 0.1) is 0 Å². The fraction of sp³-hybridized carbons (Fsp3) is 0. The SMILES string of the molecule is [N-]=[N+]=Nc1nc([N+](=O)[O-])nn1-c1nn[nH]n1.[Na]. The molecule has 0 bridgehead atoms.